The van der Waals surface area contributed by atoms with Gasteiger partial charge in [-0.2, -0.15) is 5.10 Å². The summed E-state index contributed by atoms with van der Waals surface area (Å²) >= 11 is 0. The standard InChI is InChI=1S/C23H27N3O5.C2H7N/c1-6-19(13-15(2)23(24)29-5)26-22(14-21(25-26)16(3)27)18-7-9-20(10-8-18)31-12-11-30-17(4)28;1-2-3/h6-10,13-14,24H,11-12H2,1-5H3;2-3H2,1H3/b15-13-,19-6+,24-23?;. The predicted octanol–water partition coefficient (Wildman–Crippen LogP) is 4.09. The molecule has 2 aromatic rings. The maximum absolute atomic E-state index is 12.0. The number of carbonyl (C=O) groups is 2. The van der Waals surface area contributed by atoms with E-state index in [-0.39, 0.29) is 30.9 Å². The predicted molar refractivity (Wildman–Crippen MR) is 133 cm³/mol. The van der Waals surface area contributed by atoms with Crippen LogP contribution < -0.4 is 10.5 Å². The number of esters is 1. The first-order valence-electron chi connectivity index (χ1n) is 10.8. The van der Waals surface area contributed by atoms with Crippen LogP contribution in [0.15, 0.2) is 48.1 Å². The van der Waals surface area contributed by atoms with Crippen LogP contribution in [0.2, 0.25) is 0 Å². The summed E-state index contributed by atoms with van der Waals surface area (Å²) in [5, 5.41) is 12.3. The monoisotopic (exact) mass is 470 g/mol. The van der Waals surface area contributed by atoms with Gasteiger partial charge in [-0.25, -0.2) is 4.68 Å². The number of carbonyl (C=O) groups excluding carboxylic acids is 2. The summed E-state index contributed by atoms with van der Waals surface area (Å²) in [6.07, 6.45) is 3.62. The Morgan fingerprint density at radius 1 is 1.15 bits per heavy atom. The molecule has 0 unspecified atom stereocenters. The Bertz CT molecular complexity index is 1040. The van der Waals surface area contributed by atoms with Crippen LogP contribution in [0.1, 0.15) is 45.1 Å². The maximum Gasteiger partial charge on any atom is 0.302 e. The van der Waals surface area contributed by atoms with E-state index in [1.807, 2.05) is 32.1 Å². The molecule has 0 aliphatic carbocycles. The van der Waals surface area contributed by atoms with Crippen LogP contribution in [-0.2, 0) is 14.3 Å². The molecule has 0 aliphatic rings. The van der Waals surface area contributed by atoms with E-state index in [0.29, 0.717) is 22.7 Å². The van der Waals surface area contributed by atoms with Gasteiger partial charge in [0.05, 0.1) is 18.5 Å². The van der Waals surface area contributed by atoms with E-state index in [1.165, 1.54) is 21.0 Å². The lowest BCUT2D eigenvalue weighted by molar-refractivity contribution is -0.141. The number of ether oxygens (including phenoxy) is 3. The summed E-state index contributed by atoms with van der Waals surface area (Å²) in [6.45, 7) is 9.53. The fourth-order valence-electron chi connectivity index (χ4n) is 2.74. The van der Waals surface area contributed by atoms with Crippen molar-refractivity contribution in [1.29, 1.82) is 5.41 Å². The molecular formula is C25H34N4O5. The van der Waals surface area contributed by atoms with Crippen LogP contribution in [-0.4, -0.2) is 54.3 Å². The molecule has 0 atom stereocenters. The first-order valence-corrected chi connectivity index (χ1v) is 10.8. The third-order valence-corrected chi connectivity index (χ3v) is 4.34. The van der Waals surface area contributed by atoms with Crippen molar-refractivity contribution in [2.45, 2.75) is 34.6 Å². The number of Topliss-reactive ketones (excluding diaryl/α,β-unsaturated/α-hetero) is 1. The van der Waals surface area contributed by atoms with Crippen molar-refractivity contribution in [2.24, 2.45) is 5.73 Å². The summed E-state index contributed by atoms with van der Waals surface area (Å²) in [6, 6.07) is 9.04. The molecule has 0 spiro atoms. The number of nitrogens with two attached hydrogens (primary N) is 1. The van der Waals surface area contributed by atoms with Gasteiger partial charge >= 0.3 is 5.97 Å². The van der Waals surface area contributed by atoms with Gasteiger partial charge in [0.15, 0.2) is 5.78 Å². The zero-order valence-electron chi connectivity index (χ0n) is 20.7. The number of methoxy groups -OCH3 is 1. The molecule has 0 saturated carbocycles. The number of aromatic nitrogens is 2. The second-order valence-electron chi connectivity index (χ2n) is 7.08. The molecule has 0 bridgehead atoms. The number of nitrogens with zero attached hydrogens (tertiary/aromatic N) is 2. The van der Waals surface area contributed by atoms with Gasteiger partial charge in [0, 0.05) is 25.0 Å². The quantitative estimate of drug-likeness (QED) is 0.141. The molecule has 3 N–H and O–H groups in total. The van der Waals surface area contributed by atoms with Crippen LogP contribution in [0.4, 0.5) is 0 Å². The molecule has 0 saturated heterocycles. The van der Waals surface area contributed by atoms with Gasteiger partial charge in [-0.05, 0) is 56.8 Å². The Kier molecular flexibility index (Phi) is 12.0. The first kappa shape index (κ1) is 28.3. The molecule has 0 fully saturated rings. The minimum Gasteiger partial charge on any atom is -0.490 e. The van der Waals surface area contributed by atoms with Gasteiger partial charge in [-0.3, -0.25) is 15.0 Å². The second kappa shape index (κ2) is 14.4. The smallest absolute Gasteiger partial charge is 0.302 e. The van der Waals surface area contributed by atoms with E-state index in [2.05, 4.69) is 5.10 Å². The van der Waals surface area contributed by atoms with Crippen molar-refractivity contribution in [3.05, 3.63) is 53.8 Å². The van der Waals surface area contributed by atoms with E-state index >= 15 is 0 Å². The first-order chi connectivity index (χ1) is 16.2. The molecular weight excluding hydrogens is 436 g/mol. The molecule has 9 heteroatoms. The zero-order valence-corrected chi connectivity index (χ0v) is 20.7. The Hall–Kier alpha value is -3.72. The molecule has 184 valence electrons. The molecule has 9 nitrogen and oxygen atoms in total. The van der Waals surface area contributed by atoms with Crippen molar-refractivity contribution in [1.82, 2.24) is 9.78 Å². The Balaban J connectivity index is 0.00000182. The van der Waals surface area contributed by atoms with Gasteiger partial charge in [-0.15, -0.1) is 0 Å². The Labute approximate surface area is 200 Å². The van der Waals surface area contributed by atoms with Gasteiger partial charge < -0.3 is 19.9 Å². The summed E-state index contributed by atoms with van der Waals surface area (Å²) < 4.78 is 17.1. The molecule has 34 heavy (non-hydrogen) atoms. The van der Waals surface area contributed by atoms with Crippen molar-refractivity contribution >= 4 is 23.3 Å². The normalized spacial score (nSPS) is 11.3. The van der Waals surface area contributed by atoms with Gasteiger partial charge in [0.2, 0.25) is 5.90 Å². The van der Waals surface area contributed by atoms with E-state index in [1.54, 1.807) is 35.9 Å². The summed E-state index contributed by atoms with van der Waals surface area (Å²) in [7, 11) is 1.44. The van der Waals surface area contributed by atoms with Crippen molar-refractivity contribution in [2.75, 3.05) is 26.9 Å². The fourth-order valence-corrected chi connectivity index (χ4v) is 2.74. The van der Waals surface area contributed by atoms with Crippen molar-refractivity contribution < 1.29 is 23.8 Å². The summed E-state index contributed by atoms with van der Waals surface area (Å²) in [5.74, 6) is 0.184. The lowest BCUT2D eigenvalue weighted by Crippen LogP contribution is -2.09. The third kappa shape index (κ3) is 8.67. The number of hydrogen-bond acceptors (Lipinski definition) is 8. The van der Waals surface area contributed by atoms with Crippen LogP contribution in [0.3, 0.4) is 0 Å². The average Bonchev–Trinajstić information content (AvgIpc) is 3.26. The number of benzene rings is 1. The SMILES string of the molecule is C/C=C(\C=C(\C)C(=N)OC)n1nc(C(C)=O)cc1-c1ccc(OCCOC(C)=O)cc1.CCN. The molecule has 1 aromatic carbocycles. The zero-order chi connectivity index (χ0) is 25.7. The van der Waals surface area contributed by atoms with E-state index in [0.717, 1.165) is 17.8 Å². The molecule has 1 heterocycles. The highest BCUT2D eigenvalue weighted by Gasteiger charge is 2.15. The summed E-state index contributed by atoms with van der Waals surface area (Å²) in [5.41, 5.74) is 8.06. The summed E-state index contributed by atoms with van der Waals surface area (Å²) in [4.78, 5) is 22.8. The van der Waals surface area contributed by atoms with Gasteiger partial charge in [0.25, 0.3) is 0 Å². The third-order valence-electron chi connectivity index (χ3n) is 4.34. The van der Waals surface area contributed by atoms with Gasteiger partial charge in [0.1, 0.15) is 24.7 Å². The Morgan fingerprint density at radius 3 is 2.26 bits per heavy atom. The number of rotatable bonds is 9. The molecule has 0 amide bonds. The molecule has 1 aromatic heterocycles. The number of nitrogens with one attached hydrogen (secondary N) is 1. The van der Waals surface area contributed by atoms with Crippen molar-refractivity contribution in [3.63, 3.8) is 0 Å². The highest BCUT2D eigenvalue weighted by molar-refractivity contribution is 5.94. The Morgan fingerprint density at radius 2 is 1.76 bits per heavy atom. The lowest BCUT2D eigenvalue weighted by atomic mass is 10.1. The van der Waals surface area contributed by atoms with E-state index in [9.17, 15) is 9.59 Å². The maximum atomic E-state index is 12.0. The topological polar surface area (TPSA) is 130 Å². The number of ketones is 1. The van der Waals surface area contributed by atoms with Gasteiger partial charge in [-0.1, -0.05) is 13.0 Å². The van der Waals surface area contributed by atoms with E-state index in [4.69, 9.17) is 25.4 Å². The molecule has 0 aliphatic heterocycles. The molecule has 0 radical (unpaired) electrons. The minimum absolute atomic E-state index is 0.0510. The number of hydrogen-bond donors (Lipinski definition) is 2. The molecule has 2 rings (SSSR count). The minimum atomic E-state index is -0.349. The van der Waals surface area contributed by atoms with Crippen molar-refractivity contribution in [3.8, 4) is 17.0 Å². The van der Waals surface area contributed by atoms with Crippen LogP contribution in [0, 0.1) is 5.41 Å². The van der Waals surface area contributed by atoms with Crippen LogP contribution in [0.25, 0.3) is 17.0 Å². The largest absolute Gasteiger partial charge is 0.490 e. The average molecular weight is 471 g/mol. The fraction of sp³-hybridized carbons (Fsp3) is 0.360. The number of allylic oxidation sites excluding steroid dienone is 3. The highest BCUT2D eigenvalue weighted by Crippen LogP contribution is 2.27. The van der Waals surface area contributed by atoms with E-state index < -0.39 is 0 Å². The highest BCUT2D eigenvalue weighted by atomic mass is 16.6. The lowest BCUT2D eigenvalue weighted by Gasteiger charge is -2.11. The second-order valence-corrected chi connectivity index (χ2v) is 7.08. The van der Waals surface area contributed by atoms with Crippen LogP contribution in [0.5, 0.6) is 5.75 Å². The van der Waals surface area contributed by atoms with Crippen LogP contribution >= 0.6 is 0 Å².